The van der Waals surface area contributed by atoms with Gasteiger partial charge in [0, 0.05) is 24.5 Å². The van der Waals surface area contributed by atoms with Crippen molar-refractivity contribution < 1.29 is 4.79 Å². The van der Waals surface area contributed by atoms with Crippen LogP contribution in [0.4, 0.5) is 0 Å². The first-order valence-electron chi connectivity index (χ1n) is 17.8. The van der Waals surface area contributed by atoms with Gasteiger partial charge in [0.1, 0.15) is 0 Å². The fourth-order valence-electron chi connectivity index (χ4n) is 8.45. The molecule has 0 radical (unpaired) electrons. The average Bonchev–Trinajstić information content (AvgIpc) is 3.81. The SMILES string of the molecule is Brc1cccc2c1C1(c3ccccc3-c3ccccc31)c1ccccc1-2.Brc1ccccc1-c1ccccc1.O=C1c2ccccc2-c2cccc(Br)c21. The number of fused-ring (bicyclic) bond motifs is 13. The summed E-state index contributed by atoms with van der Waals surface area (Å²) in [5.74, 6) is 0.119. The van der Waals surface area contributed by atoms with Crippen LogP contribution >= 0.6 is 47.8 Å². The maximum absolute atomic E-state index is 12.1. The van der Waals surface area contributed by atoms with Gasteiger partial charge in [-0.05, 0) is 85.0 Å². The Bertz CT molecular complexity index is 2670. The highest BCUT2D eigenvalue weighted by atomic mass is 79.9. The summed E-state index contributed by atoms with van der Waals surface area (Å²) in [7, 11) is 0. The molecule has 0 saturated carbocycles. The molecular formula is C50H31Br3O. The van der Waals surface area contributed by atoms with Crippen molar-refractivity contribution in [3.05, 3.63) is 235 Å². The molecule has 0 bridgehead atoms. The van der Waals surface area contributed by atoms with Crippen LogP contribution in [0.1, 0.15) is 38.2 Å². The van der Waals surface area contributed by atoms with Gasteiger partial charge in [-0.15, -0.1) is 0 Å². The van der Waals surface area contributed by atoms with Gasteiger partial charge in [0.25, 0.3) is 0 Å². The van der Waals surface area contributed by atoms with E-state index in [-0.39, 0.29) is 11.2 Å². The molecule has 0 aromatic heterocycles. The van der Waals surface area contributed by atoms with Gasteiger partial charge >= 0.3 is 0 Å². The highest BCUT2D eigenvalue weighted by Crippen LogP contribution is 2.63. The van der Waals surface area contributed by atoms with E-state index in [0.717, 1.165) is 31.2 Å². The van der Waals surface area contributed by atoms with Crippen molar-refractivity contribution in [1.82, 2.24) is 0 Å². The van der Waals surface area contributed by atoms with Crippen LogP contribution in [0.25, 0.3) is 44.5 Å². The number of carbonyl (C=O) groups is 1. The van der Waals surface area contributed by atoms with Gasteiger partial charge in [-0.25, -0.2) is 0 Å². The van der Waals surface area contributed by atoms with E-state index < -0.39 is 0 Å². The van der Waals surface area contributed by atoms with Crippen molar-refractivity contribution in [3.63, 3.8) is 0 Å². The average molecular weight is 888 g/mol. The monoisotopic (exact) mass is 884 g/mol. The standard InChI is InChI=1S/C25H15Br.C13H7BrO.C12H9Br/c26-23-15-7-11-19-18-10-3-6-14-22(18)25(24(19)23)20-12-4-1-8-16(20)17-9-2-5-13-21(17)25;14-11-7-3-6-9-8-4-1-2-5-10(8)13(15)12(9)11;13-12-9-5-4-8-11(12)10-6-2-1-3-7-10/h1-15H;1-7H;1-9H. The molecule has 0 atom stereocenters. The first-order chi connectivity index (χ1) is 26.5. The zero-order valence-corrected chi connectivity index (χ0v) is 33.7. The molecule has 54 heavy (non-hydrogen) atoms. The lowest BCUT2D eigenvalue weighted by atomic mass is 9.70. The van der Waals surface area contributed by atoms with Crippen LogP contribution < -0.4 is 0 Å². The number of hydrogen-bond donors (Lipinski definition) is 0. The van der Waals surface area contributed by atoms with Crippen LogP contribution in [0.15, 0.2) is 201 Å². The molecular weight excluding hydrogens is 856 g/mol. The lowest BCUT2D eigenvalue weighted by Gasteiger charge is -2.31. The number of halogens is 3. The largest absolute Gasteiger partial charge is 0.289 e. The normalized spacial score (nSPS) is 12.9. The summed E-state index contributed by atoms with van der Waals surface area (Å²) in [6.45, 7) is 0. The molecule has 8 aromatic carbocycles. The lowest BCUT2D eigenvalue weighted by molar-refractivity contribution is 0.104. The number of carbonyl (C=O) groups excluding carboxylic acids is 1. The van der Waals surface area contributed by atoms with Crippen molar-refractivity contribution in [2.75, 3.05) is 0 Å². The minimum atomic E-state index is -0.237. The third kappa shape index (κ3) is 5.50. The molecule has 0 fully saturated rings. The van der Waals surface area contributed by atoms with E-state index in [2.05, 4.69) is 175 Å². The van der Waals surface area contributed by atoms with Gasteiger partial charge in [-0.1, -0.05) is 218 Å². The van der Waals surface area contributed by atoms with Gasteiger partial charge in [0.05, 0.1) is 5.41 Å². The van der Waals surface area contributed by atoms with E-state index >= 15 is 0 Å². The Hall–Kier alpha value is -5.13. The second-order valence-corrected chi connectivity index (χ2v) is 16.0. The van der Waals surface area contributed by atoms with E-state index in [4.69, 9.17) is 0 Å². The van der Waals surface area contributed by atoms with E-state index in [9.17, 15) is 4.79 Å². The Balaban J connectivity index is 0.000000117. The summed E-state index contributed by atoms with van der Waals surface area (Å²) in [5, 5.41) is 0. The second-order valence-electron chi connectivity index (χ2n) is 13.4. The van der Waals surface area contributed by atoms with Crippen LogP contribution in [0, 0.1) is 0 Å². The van der Waals surface area contributed by atoms with Crippen LogP contribution in [-0.2, 0) is 5.41 Å². The second kappa shape index (κ2) is 14.3. The molecule has 3 aliphatic rings. The Labute approximate surface area is 340 Å². The topological polar surface area (TPSA) is 17.1 Å². The van der Waals surface area contributed by atoms with Gasteiger partial charge < -0.3 is 0 Å². The van der Waals surface area contributed by atoms with Crippen molar-refractivity contribution in [2.24, 2.45) is 0 Å². The first-order valence-corrected chi connectivity index (χ1v) is 20.2. The maximum Gasteiger partial charge on any atom is 0.195 e. The molecule has 0 amide bonds. The Kier molecular flexibility index (Phi) is 9.14. The van der Waals surface area contributed by atoms with Gasteiger partial charge in [-0.3, -0.25) is 4.79 Å². The minimum absolute atomic E-state index is 0.119. The summed E-state index contributed by atoms with van der Waals surface area (Å²) in [5.41, 5.74) is 16.8. The van der Waals surface area contributed by atoms with Gasteiger partial charge in [-0.2, -0.15) is 0 Å². The molecule has 0 aliphatic heterocycles. The quantitative estimate of drug-likeness (QED) is 0.160. The fourth-order valence-corrected chi connectivity index (χ4v) is 10.2. The molecule has 3 aliphatic carbocycles. The zero-order chi connectivity index (χ0) is 36.8. The Morgan fingerprint density at radius 1 is 0.315 bits per heavy atom. The lowest BCUT2D eigenvalue weighted by Crippen LogP contribution is -2.26. The Morgan fingerprint density at radius 3 is 1.31 bits per heavy atom. The van der Waals surface area contributed by atoms with Crippen LogP contribution in [0.5, 0.6) is 0 Å². The van der Waals surface area contributed by atoms with E-state index in [1.807, 2.05) is 60.7 Å². The summed E-state index contributed by atoms with van der Waals surface area (Å²) in [4.78, 5) is 12.1. The highest BCUT2D eigenvalue weighted by molar-refractivity contribution is 9.11. The number of ketones is 1. The fraction of sp³-hybridized carbons (Fsp3) is 0.0200. The maximum atomic E-state index is 12.1. The Morgan fingerprint density at radius 2 is 0.722 bits per heavy atom. The number of hydrogen-bond acceptors (Lipinski definition) is 1. The van der Waals surface area contributed by atoms with Crippen molar-refractivity contribution in [2.45, 2.75) is 5.41 Å². The molecule has 1 spiro atoms. The van der Waals surface area contributed by atoms with Crippen LogP contribution in [-0.4, -0.2) is 5.78 Å². The number of rotatable bonds is 1. The zero-order valence-electron chi connectivity index (χ0n) is 28.9. The molecule has 0 saturated heterocycles. The van der Waals surface area contributed by atoms with E-state index in [1.165, 1.54) is 60.1 Å². The van der Waals surface area contributed by atoms with Crippen molar-refractivity contribution in [1.29, 1.82) is 0 Å². The molecule has 4 heteroatoms. The first kappa shape index (κ1) is 34.6. The third-order valence-electron chi connectivity index (χ3n) is 10.6. The van der Waals surface area contributed by atoms with Gasteiger partial charge in [0.2, 0.25) is 0 Å². The van der Waals surface area contributed by atoms with Crippen molar-refractivity contribution >= 4 is 53.6 Å². The minimum Gasteiger partial charge on any atom is -0.289 e. The van der Waals surface area contributed by atoms with Gasteiger partial charge in [0.15, 0.2) is 5.78 Å². The molecule has 258 valence electrons. The third-order valence-corrected chi connectivity index (χ3v) is 12.6. The van der Waals surface area contributed by atoms with E-state index in [0.29, 0.717) is 0 Å². The van der Waals surface area contributed by atoms with Crippen molar-refractivity contribution in [3.8, 4) is 44.5 Å². The van der Waals surface area contributed by atoms with E-state index in [1.54, 1.807) is 0 Å². The number of benzene rings is 8. The van der Waals surface area contributed by atoms with Crippen LogP contribution in [0.2, 0.25) is 0 Å². The molecule has 1 nitrogen and oxygen atoms in total. The highest BCUT2D eigenvalue weighted by Gasteiger charge is 2.52. The summed E-state index contributed by atoms with van der Waals surface area (Å²) in [6.07, 6.45) is 0. The molecule has 0 unspecified atom stereocenters. The van der Waals surface area contributed by atoms with Crippen LogP contribution in [0.3, 0.4) is 0 Å². The molecule has 11 rings (SSSR count). The summed E-state index contributed by atoms with van der Waals surface area (Å²) in [6, 6.07) is 65.4. The smallest absolute Gasteiger partial charge is 0.195 e. The molecule has 0 N–H and O–H groups in total. The predicted octanol–water partition coefficient (Wildman–Crippen LogP) is 14.6. The summed E-state index contributed by atoms with van der Waals surface area (Å²) >= 11 is 10.9. The molecule has 8 aromatic rings. The summed E-state index contributed by atoms with van der Waals surface area (Å²) < 4.78 is 3.19. The molecule has 0 heterocycles. The predicted molar refractivity (Wildman–Crippen MR) is 233 cm³/mol.